The minimum Gasteiger partial charge on any atom is -0.281 e. The van der Waals surface area contributed by atoms with Gasteiger partial charge in [0, 0.05) is 10.5 Å². The summed E-state index contributed by atoms with van der Waals surface area (Å²) in [6.45, 7) is 6.19. The smallest absolute Gasteiger partial charge is 0.224 e. The van der Waals surface area contributed by atoms with Crippen molar-refractivity contribution in [3.05, 3.63) is 64.7 Å². The highest BCUT2D eigenvalue weighted by molar-refractivity contribution is 8.14. The minimum atomic E-state index is 0.102. The monoisotopic (exact) mass is 256 g/mol. The molecule has 0 fully saturated rings. The van der Waals surface area contributed by atoms with Gasteiger partial charge < -0.3 is 0 Å². The Morgan fingerprint density at radius 1 is 0.944 bits per heavy atom. The van der Waals surface area contributed by atoms with Crippen LogP contribution in [0.15, 0.2) is 47.4 Å². The Labute approximate surface area is 112 Å². The van der Waals surface area contributed by atoms with Crippen molar-refractivity contribution in [1.29, 1.82) is 0 Å². The van der Waals surface area contributed by atoms with E-state index in [2.05, 4.69) is 32.9 Å². The van der Waals surface area contributed by atoms with Crippen molar-refractivity contribution in [1.82, 2.24) is 0 Å². The third-order valence-electron chi connectivity index (χ3n) is 2.81. The van der Waals surface area contributed by atoms with Gasteiger partial charge in [-0.15, -0.1) is 0 Å². The van der Waals surface area contributed by atoms with Crippen LogP contribution in [0.1, 0.15) is 27.0 Å². The topological polar surface area (TPSA) is 17.1 Å². The van der Waals surface area contributed by atoms with Crippen LogP contribution in [0.3, 0.4) is 0 Å². The van der Waals surface area contributed by atoms with E-state index in [9.17, 15) is 4.79 Å². The van der Waals surface area contributed by atoms with Crippen LogP contribution in [-0.2, 0) is 0 Å². The molecule has 0 unspecified atom stereocenters. The Kier molecular flexibility index (Phi) is 3.87. The first kappa shape index (κ1) is 12.9. The highest BCUT2D eigenvalue weighted by atomic mass is 32.2. The van der Waals surface area contributed by atoms with Crippen LogP contribution in [0.5, 0.6) is 0 Å². The molecule has 0 N–H and O–H groups in total. The summed E-state index contributed by atoms with van der Waals surface area (Å²) < 4.78 is 0. The molecule has 2 aromatic rings. The Morgan fingerprint density at radius 2 is 1.50 bits per heavy atom. The zero-order chi connectivity index (χ0) is 13.1. The number of carbonyl (C=O) groups excluding carboxylic acids is 1. The second-order valence-corrected chi connectivity index (χ2v) is 5.47. The van der Waals surface area contributed by atoms with Crippen LogP contribution in [0, 0.1) is 20.8 Å². The lowest BCUT2D eigenvalue weighted by molar-refractivity contribution is 0.108. The fourth-order valence-corrected chi connectivity index (χ4v) is 2.93. The number of benzene rings is 2. The maximum Gasteiger partial charge on any atom is 0.224 e. The van der Waals surface area contributed by atoms with Gasteiger partial charge in [-0.05, 0) is 43.7 Å². The molecule has 0 aromatic heterocycles. The Bertz CT molecular complexity index is 550. The van der Waals surface area contributed by atoms with Gasteiger partial charge in [-0.3, -0.25) is 4.79 Å². The summed E-state index contributed by atoms with van der Waals surface area (Å²) in [7, 11) is 0. The zero-order valence-corrected chi connectivity index (χ0v) is 11.7. The van der Waals surface area contributed by atoms with Crippen LogP contribution >= 0.6 is 11.8 Å². The Morgan fingerprint density at radius 3 is 2.06 bits per heavy atom. The number of hydrogen-bond donors (Lipinski definition) is 0. The number of rotatable bonds is 2. The first-order valence-corrected chi connectivity index (χ1v) is 6.74. The van der Waals surface area contributed by atoms with E-state index in [-0.39, 0.29) is 5.12 Å². The van der Waals surface area contributed by atoms with Crippen LogP contribution in [0.4, 0.5) is 0 Å². The van der Waals surface area contributed by atoms with Gasteiger partial charge in [-0.25, -0.2) is 0 Å². The first-order valence-electron chi connectivity index (χ1n) is 5.93. The first-order chi connectivity index (χ1) is 8.58. The van der Waals surface area contributed by atoms with E-state index in [1.807, 2.05) is 30.3 Å². The second-order valence-electron chi connectivity index (χ2n) is 4.48. The van der Waals surface area contributed by atoms with Crippen molar-refractivity contribution >= 4 is 16.9 Å². The summed E-state index contributed by atoms with van der Waals surface area (Å²) in [6, 6.07) is 13.7. The summed E-state index contributed by atoms with van der Waals surface area (Å²) in [5, 5.41) is 0.102. The molecule has 0 aliphatic rings. The van der Waals surface area contributed by atoms with E-state index < -0.39 is 0 Å². The lowest BCUT2D eigenvalue weighted by Crippen LogP contribution is -1.95. The van der Waals surface area contributed by atoms with Crippen LogP contribution in [-0.4, -0.2) is 5.12 Å². The lowest BCUT2D eigenvalue weighted by atomic mass is 10.1. The number of aryl methyl sites for hydroxylation is 3. The molecule has 0 saturated carbocycles. The molecule has 18 heavy (non-hydrogen) atoms. The summed E-state index contributed by atoms with van der Waals surface area (Å²) in [6.07, 6.45) is 0. The number of carbonyl (C=O) groups is 1. The third kappa shape index (κ3) is 2.82. The number of thioether (sulfide) groups is 1. The van der Waals surface area contributed by atoms with Crippen molar-refractivity contribution in [2.45, 2.75) is 25.7 Å². The van der Waals surface area contributed by atoms with E-state index in [1.165, 1.54) is 28.5 Å². The van der Waals surface area contributed by atoms with Crippen molar-refractivity contribution in [2.24, 2.45) is 0 Å². The average molecular weight is 256 g/mol. The largest absolute Gasteiger partial charge is 0.281 e. The normalized spacial score (nSPS) is 10.4. The van der Waals surface area contributed by atoms with Crippen LogP contribution in [0.25, 0.3) is 0 Å². The highest BCUT2D eigenvalue weighted by Crippen LogP contribution is 2.30. The average Bonchev–Trinajstić information content (AvgIpc) is 2.34. The van der Waals surface area contributed by atoms with Gasteiger partial charge in [0.25, 0.3) is 0 Å². The van der Waals surface area contributed by atoms with Crippen LogP contribution < -0.4 is 0 Å². The Balaban J connectivity index is 2.28. The molecule has 0 saturated heterocycles. The fraction of sp³-hybridized carbons (Fsp3) is 0.188. The molecule has 0 aliphatic heterocycles. The zero-order valence-electron chi connectivity index (χ0n) is 10.9. The van der Waals surface area contributed by atoms with Crippen LogP contribution in [0.2, 0.25) is 0 Å². The molecule has 0 atom stereocenters. The molecule has 2 heteroatoms. The fourth-order valence-electron chi connectivity index (χ4n) is 2.05. The predicted octanol–water partition coefficient (Wildman–Crippen LogP) is 4.54. The maximum atomic E-state index is 12.2. The molecule has 92 valence electrons. The van der Waals surface area contributed by atoms with E-state index in [0.29, 0.717) is 0 Å². The molecule has 0 radical (unpaired) electrons. The van der Waals surface area contributed by atoms with Gasteiger partial charge in [0.1, 0.15) is 0 Å². The molecule has 2 rings (SSSR count). The molecule has 1 nitrogen and oxygen atoms in total. The van der Waals surface area contributed by atoms with Crippen molar-refractivity contribution in [3.8, 4) is 0 Å². The predicted molar refractivity (Wildman–Crippen MR) is 77.3 cm³/mol. The summed E-state index contributed by atoms with van der Waals surface area (Å²) in [5.41, 5.74) is 4.33. The van der Waals surface area contributed by atoms with Gasteiger partial charge in [-0.2, -0.15) is 0 Å². The highest BCUT2D eigenvalue weighted by Gasteiger charge is 2.11. The summed E-state index contributed by atoms with van der Waals surface area (Å²) in [5.74, 6) is 0. The molecular formula is C16H16OS. The van der Waals surface area contributed by atoms with Crippen molar-refractivity contribution in [3.63, 3.8) is 0 Å². The van der Waals surface area contributed by atoms with E-state index in [4.69, 9.17) is 0 Å². The SMILES string of the molecule is Cc1cc(C)c(SC(=O)c2ccccc2)c(C)c1. The van der Waals surface area contributed by atoms with E-state index >= 15 is 0 Å². The molecule has 2 aromatic carbocycles. The lowest BCUT2D eigenvalue weighted by Gasteiger charge is -2.09. The summed E-state index contributed by atoms with van der Waals surface area (Å²) in [4.78, 5) is 13.2. The quantitative estimate of drug-likeness (QED) is 0.733. The molecule has 0 amide bonds. The second kappa shape index (κ2) is 5.40. The van der Waals surface area contributed by atoms with E-state index in [0.717, 1.165) is 10.5 Å². The van der Waals surface area contributed by atoms with Gasteiger partial charge >= 0.3 is 0 Å². The van der Waals surface area contributed by atoms with Gasteiger partial charge in [-0.1, -0.05) is 48.0 Å². The molecule has 0 heterocycles. The molecule has 0 spiro atoms. The Hall–Kier alpha value is -1.54. The maximum absolute atomic E-state index is 12.2. The third-order valence-corrected chi connectivity index (χ3v) is 4.08. The van der Waals surface area contributed by atoms with Crippen molar-refractivity contribution in [2.75, 3.05) is 0 Å². The molecule has 0 bridgehead atoms. The summed E-state index contributed by atoms with van der Waals surface area (Å²) >= 11 is 1.32. The van der Waals surface area contributed by atoms with E-state index in [1.54, 1.807) is 0 Å². The molecule has 0 aliphatic carbocycles. The molecular weight excluding hydrogens is 240 g/mol. The van der Waals surface area contributed by atoms with Gasteiger partial charge in [0.2, 0.25) is 5.12 Å². The van der Waals surface area contributed by atoms with Crippen molar-refractivity contribution < 1.29 is 4.79 Å². The standard InChI is InChI=1S/C16H16OS/c1-11-9-12(2)15(13(3)10-11)18-16(17)14-7-5-4-6-8-14/h4-10H,1-3H3. The van der Waals surface area contributed by atoms with Gasteiger partial charge in [0.15, 0.2) is 0 Å². The number of hydrogen-bond acceptors (Lipinski definition) is 2. The minimum absolute atomic E-state index is 0.102. The van der Waals surface area contributed by atoms with Gasteiger partial charge in [0.05, 0.1) is 0 Å².